The van der Waals surface area contributed by atoms with Gasteiger partial charge in [0.05, 0.1) is 5.75 Å². The number of ketones is 1. The Morgan fingerprint density at radius 2 is 2.12 bits per heavy atom. The molecular weight excluding hydrogens is 320 g/mol. The molecule has 0 radical (unpaired) electrons. The Labute approximate surface area is 147 Å². The number of hydrogen-bond acceptors (Lipinski definition) is 4. The molecule has 0 N–H and O–H groups in total. The predicted molar refractivity (Wildman–Crippen MR) is 96.8 cm³/mol. The first kappa shape index (κ1) is 17.0. The fourth-order valence-corrected chi connectivity index (χ4v) is 3.97. The average molecular weight is 344 g/mol. The maximum atomic E-state index is 12.6. The highest BCUT2D eigenvalue weighted by atomic mass is 32.2. The molecule has 0 spiro atoms. The Balaban J connectivity index is 1.74. The van der Waals surface area contributed by atoms with Gasteiger partial charge in [0, 0.05) is 36.0 Å². The first-order chi connectivity index (χ1) is 11.6. The number of nitrogens with zero attached hydrogens (tertiary/aromatic N) is 4. The van der Waals surface area contributed by atoms with Gasteiger partial charge in [0.25, 0.3) is 0 Å². The summed E-state index contributed by atoms with van der Waals surface area (Å²) in [4.78, 5) is 12.6. The summed E-state index contributed by atoms with van der Waals surface area (Å²) >= 11 is 1.47. The van der Waals surface area contributed by atoms with Crippen LogP contribution in [0.1, 0.15) is 53.3 Å². The number of rotatable bonds is 8. The summed E-state index contributed by atoms with van der Waals surface area (Å²) in [5.74, 6) is 2.10. The van der Waals surface area contributed by atoms with Gasteiger partial charge in [-0.05, 0) is 39.7 Å². The van der Waals surface area contributed by atoms with Crippen LogP contribution in [0, 0.1) is 13.8 Å². The van der Waals surface area contributed by atoms with Crippen LogP contribution in [0.5, 0.6) is 0 Å². The Morgan fingerprint density at radius 3 is 2.71 bits per heavy atom. The van der Waals surface area contributed by atoms with Gasteiger partial charge >= 0.3 is 0 Å². The van der Waals surface area contributed by atoms with Crippen molar-refractivity contribution < 1.29 is 4.79 Å². The smallest absolute Gasteiger partial charge is 0.191 e. The van der Waals surface area contributed by atoms with E-state index in [1.165, 1.54) is 24.6 Å². The summed E-state index contributed by atoms with van der Waals surface area (Å²) in [6.07, 6.45) is 4.22. The Hall–Kier alpha value is -1.82. The van der Waals surface area contributed by atoms with E-state index < -0.39 is 0 Å². The number of aryl methyl sites for hydroxylation is 1. The first-order valence-corrected chi connectivity index (χ1v) is 9.42. The van der Waals surface area contributed by atoms with E-state index in [0.29, 0.717) is 18.2 Å². The van der Waals surface area contributed by atoms with E-state index in [0.717, 1.165) is 34.5 Å². The third kappa shape index (κ3) is 3.20. The molecule has 0 bridgehead atoms. The second-order valence-electron chi connectivity index (χ2n) is 6.26. The lowest BCUT2D eigenvalue weighted by atomic mass is 10.2. The molecule has 2 aromatic heterocycles. The summed E-state index contributed by atoms with van der Waals surface area (Å²) in [5, 5.41) is 9.43. The molecule has 1 aliphatic carbocycles. The number of aromatic nitrogens is 4. The van der Waals surface area contributed by atoms with Crippen LogP contribution in [-0.2, 0) is 13.1 Å². The molecule has 0 unspecified atom stereocenters. The van der Waals surface area contributed by atoms with E-state index in [1.807, 2.05) is 26.0 Å². The molecule has 0 aromatic carbocycles. The fourth-order valence-electron chi connectivity index (χ4n) is 3.13. The molecule has 0 amide bonds. The van der Waals surface area contributed by atoms with E-state index >= 15 is 0 Å². The molecule has 2 heterocycles. The van der Waals surface area contributed by atoms with Crippen LogP contribution in [0.4, 0.5) is 0 Å². The number of thioether (sulfide) groups is 1. The molecule has 128 valence electrons. The molecule has 24 heavy (non-hydrogen) atoms. The molecule has 3 rings (SSSR count). The highest BCUT2D eigenvalue weighted by molar-refractivity contribution is 7.99. The van der Waals surface area contributed by atoms with Crippen LogP contribution in [0.15, 0.2) is 23.9 Å². The van der Waals surface area contributed by atoms with Gasteiger partial charge < -0.3 is 9.13 Å². The van der Waals surface area contributed by atoms with Crippen molar-refractivity contribution in [2.45, 2.75) is 57.8 Å². The van der Waals surface area contributed by atoms with Crippen molar-refractivity contribution in [3.8, 4) is 0 Å². The van der Waals surface area contributed by atoms with Gasteiger partial charge in [-0.2, -0.15) is 0 Å². The quantitative estimate of drug-likeness (QED) is 0.416. The molecule has 6 heteroatoms. The van der Waals surface area contributed by atoms with Crippen LogP contribution in [-0.4, -0.2) is 30.9 Å². The Kier molecular flexibility index (Phi) is 4.94. The van der Waals surface area contributed by atoms with Gasteiger partial charge in [0.2, 0.25) is 0 Å². The van der Waals surface area contributed by atoms with Crippen molar-refractivity contribution in [1.82, 2.24) is 19.3 Å². The van der Waals surface area contributed by atoms with E-state index in [9.17, 15) is 4.79 Å². The molecule has 0 atom stereocenters. The van der Waals surface area contributed by atoms with Crippen molar-refractivity contribution >= 4 is 17.5 Å². The maximum Gasteiger partial charge on any atom is 0.191 e. The largest absolute Gasteiger partial charge is 0.349 e. The summed E-state index contributed by atoms with van der Waals surface area (Å²) < 4.78 is 4.27. The number of Topliss-reactive ketones (excluding diaryl/α,β-unsaturated/α-hetero) is 1. The van der Waals surface area contributed by atoms with Crippen LogP contribution < -0.4 is 0 Å². The lowest BCUT2D eigenvalue weighted by Crippen LogP contribution is -2.08. The van der Waals surface area contributed by atoms with Crippen molar-refractivity contribution in [1.29, 1.82) is 0 Å². The van der Waals surface area contributed by atoms with E-state index in [1.54, 1.807) is 0 Å². The second kappa shape index (κ2) is 6.97. The molecule has 1 saturated carbocycles. The van der Waals surface area contributed by atoms with Crippen LogP contribution in [0.3, 0.4) is 0 Å². The lowest BCUT2D eigenvalue weighted by molar-refractivity contribution is 0.102. The number of carbonyl (C=O) groups is 1. The lowest BCUT2D eigenvalue weighted by Gasteiger charge is -2.07. The normalized spacial score (nSPS) is 14.1. The van der Waals surface area contributed by atoms with Gasteiger partial charge in [-0.15, -0.1) is 16.8 Å². The second-order valence-corrected chi connectivity index (χ2v) is 7.20. The van der Waals surface area contributed by atoms with Crippen LogP contribution in [0.2, 0.25) is 0 Å². The fraction of sp³-hybridized carbons (Fsp3) is 0.500. The minimum Gasteiger partial charge on any atom is -0.349 e. The molecule has 1 aliphatic rings. The Bertz CT molecular complexity index is 770. The number of allylic oxidation sites excluding steroid dienone is 1. The minimum atomic E-state index is 0.147. The van der Waals surface area contributed by atoms with E-state index in [-0.39, 0.29) is 5.78 Å². The third-order valence-electron chi connectivity index (χ3n) is 4.52. The minimum absolute atomic E-state index is 0.147. The van der Waals surface area contributed by atoms with E-state index in [2.05, 4.69) is 32.8 Å². The monoisotopic (exact) mass is 344 g/mol. The molecule has 5 nitrogen and oxygen atoms in total. The molecular formula is C18H24N4OS. The summed E-state index contributed by atoms with van der Waals surface area (Å²) in [7, 11) is 0. The third-order valence-corrected chi connectivity index (χ3v) is 5.49. The van der Waals surface area contributed by atoms with Crippen LogP contribution in [0.25, 0.3) is 0 Å². The van der Waals surface area contributed by atoms with Crippen molar-refractivity contribution in [2.24, 2.45) is 0 Å². The van der Waals surface area contributed by atoms with Gasteiger partial charge in [-0.3, -0.25) is 4.79 Å². The molecule has 2 aromatic rings. The van der Waals surface area contributed by atoms with Gasteiger partial charge in [-0.25, -0.2) is 0 Å². The highest BCUT2D eigenvalue weighted by Gasteiger charge is 2.30. The van der Waals surface area contributed by atoms with Gasteiger partial charge in [-0.1, -0.05) is 17.8 Å². The zero-order chi connectivity index (χ0) is 17.3. The van der Waals surface area contributed by atoms with Crippen LogP contribution >= 0.6 is 11.8 Å². The summed E-state index contributed by atoms with van der Waals surface area (Å²) in [6, 6.07) is 1.99. The maximum absolute atomic E-state index is 12.6. The Morgan fingerprint density at radius 1 is 1.38 bits per heavy atom. The summed E-state index contributed by atoms with van der Waals surface area (Å²) in [6.45, 7) is 11.6. The van der Waals surface area contributed by atoms with Gasteiger partial charge in [0.1, 0.15) is 5.82 Å². The van der Waals surface area contributed by atoms with E-state index in [4.69, 9.17) is 0 Å². The van der Waals surface area contributed by atoms with Crippen molar-refractivity contribution in [3.63, 3.8) is 0 Å². The summed E-state index contributed by atoms with van der Waals surface area (Å²) in [5.41, 5.74) is 3.00. The highest BCUT2D eigenvalue weighted by Crippen LogP contribution is 2.40. The van der Waals surface area contributed by atoms with Crippen molar-refractivity contribution in [2.75, 3.05) is 5.75 Å². The number of carbonyl (C=O) groups excluding carboxylic acids is 1. The molecule has 0 aliphatic heterocycles. The SMILES string of the molecule is C=CCn1c(SCC(=O)c2cc(C)n(CC)c2C)nnc1C1CC1. The topological polar surface area (TPSA) is 52.7 Å². The average Bonchev–Trinajstić information content (AvgIpc) is 3.26. The first-order valence-electron chi connectivity index (χ1n) is 8.43. The molecule has 1 fully saturated rings. The number of hydrogen-bond donors (Lipinski definition) is 0. The van der Waals surface area contributed by atoms with Crippen molar-refractivity contribution in [3.05, 3.63) is 41.5 Å². The zero-order valence-electron chi connectivity index (χ0n) is 14.6. The van der Waals surface area contributed by atoms with Gasteiger partial charge in [0.15, 0.2) is 10.9 Å². The molecule has 0 saturated heterocycles. The predicted octanol–water partition coefficient (Wildman–Crippen LogP) is 3.75. The standard InChI is InChI=1S/C18H24N4OS/c1-5-9-22-17(14-7-8-14)19-20-18(22)24-11-16(23)15-10-12(3)21(6-2)13(15)4/h5,10,14H,1,6-9,11H2,2-4H3. The zero-order valence-corrected chi connectivity index (χ0v) is 15.4.